The second-order valence-corrected chi connectivity index (χ2v) is 6.40. The van der Waals surface area contributed by atoms with Gasteiger partial charge in [0.15, 0.2) is 0 Å². The van der Waals surface area contributed by atoms with Crippen molar-refractivity contribution in [3.63, 3.8) is 0 Å². The predicted molar refractivity (Wildman–Crippen MR) is 99.1 cm³/mol. The quantitative estimate of drug-likeness (QED) is 0.530. The molecule has 0 bridgehead atoms. The monoisotopic (exact) mass is 410 g/mol. The highest BCUT2D eigenvalue weighted by Crippen LogP contribution is 2.14. The van der Waals surface area contributed by atoms with Crippen LogP contribution in [0.5, 0.6) is 0 Å². The zero-order valence-electron chi connectivity index (χ0n) is 14.0. The number of ether oxygens (including phenoxy) is 2. The van der Waals surface area contributed by atoms with Crippen LogP contribution in [0, 0.1) is 0 Å². The number of hydrogen-bond acceptors (Lipinski definition) is 6. The molecule has 142 valence electrons. The molecule has 2 atom stereocenters. The highest BCUT2D eigenvalue weighted by atomic mass is 35.5. The second-order valence-electron chi connectivity index (χ2n) is 5.53. The average molecular weight is 411 g/mol. The Morgan fingerprint density at radius 3 is 1.89 bits per heavy atom. The van der Waals surface area contributed by atoms with E-state index in [4.69, 9.17) is 32.7 Å². The first kappa shape index (κ1) is 20.9. The van der Waals surface area contributed by atoms with E-state index in [1.54, 1.807) is 0 Å². The van der Waals surface area contributed by atoms with Crippen molar-refractivity contribution >= 4 is 41.4 Å². The minimum absolute atomic E-state index is 0.209. The summed E-state index contributed by atoms with van der Waals surface area (Å²) in [6.07, 6.45) is -2.28. The molecule has 0 fully saturated rings. The van der Waals surface area contributed by atoms with Crippen LogP contribution in [-0.2, 0) is 14.3 Å². The molecule has 0 saturated carbocycles. The molecule has 2 aromatic carbocycles. The normalized spacial score (nSPS) is 12.7. The summed E-state index contributed by atoms with van der Waals surface area (Å²) in [6.45, 7) is -0.451. The smallest absolute Gasteiger partial charge is 0.338 e. The van der Waals surface area contributed by atoms with Crippen LogP contribution in [0.3, 0.4) is 0 Å². The Balaban J connectivity index is 1.95. The van der Waals surface area contributed by atoms with Crippen LogP contribution in [0.25, 0.3) is 0 Å². The number of rotatable bonds is 8. The first-order valence-corrected chi connectivity index (χ1v) is 8.67. The maximum atomic E-state index is 12.1. The minimum Gasteiger partial charge on any atom is -0.459 e. The Kier molecular flexibility index (Phi) is 7.79. The van der Waals surface area contributed by atoms with Gasteiger partial charge >= 0.3 is 11.9 Å². The molecule has 0 radical (unpaired) electrons. The number of carbonyl (C=O) groups is 3. The van der Waals surface area contributed by atoms with Gasteiger partial charge in [-0.15, -0.1) is 0 Å². The Labute approximate surface area is 165 Å². The first-order chi connectivity index (χ1) is 12.9. The van der Waals surface area contributed by atoms with Crippen LogP contribution >= 0.6 is 23.2 Å². The third-order valence-electron chi connectivity index (χ3n) is 3.56. The van der Waals surface area contributed by atoms with Crippen LogP contribution in [0.15, 0.2) is 48.5 Å². The number of hydrogen-bond donors (Lipinski definition) is 1. The molecule has 0 aliphatic rings. The largest absolute Gasteiger partial charge is 0.459 e. The van der Waals surface area contributed by atoms with Gasteiger partial charge in [-0.25, -0.2) is 9.59 Å². The lowest BCUT2D eigenvalue weighted by molar-refractivity contribution is -0.112. The molecule has 0 aliphatic carbocycles. The van der Waals surface area contributed by atoms with E-state index < -0.39 is 30.8 Å². The average Bonchev–Trinajstić information content (AvgIpc) is 2.66. The summed E-state index contributed by atoms with van der Waals surface area (Å²) in [5, 5.41) is 11.1. The van der Waals surface area contributed by atoms with Crippen molar-refractivity contribution in [1.82, 2.24) is 0 Å². The molecule has 27 heavy (non-hydrogen) atoms. The molecular weight excluding hydrogens is 395 g/mol. The molecule has 0 aromatic heterocycles. The van der Waals surface area contributed by atoms with Crippen LogP contribution in [0.1, 0.15) is 27.1 Å². The summed E-state index contributed by atoms with van der Waals surface area (Å²) in [7, 11) is 0. The molecule has 0 saturated heterocycles. The summed E-state index contributed by atoms with van der Waals surface area (Å²) in [4.78, 5) is 34.9. The molecular formula is C19H16Cl2O6. The van der Waals surface area contributed by atoms with Gasteiger partial charge in [-0.3, -0.25) is 0 Å². The Bertz CT molecular complexity index is 789. The number of aldehydes is 1. The third-order valence-corrected chi connectivity index (χ3v) is 4.07. The van der Waals surface area contributed by atoms with E-state index in [2.05, 4.69) is 0 Å². The molecule has 8 heteroatoms. The molecule has 0 aliphatic heterocycles. The van der Waals surface area contributed by atoms with Crippen molar-refractivity contribution in [2.24, 2.45) is 0 Å². The van der Waals surface area contributed by atoms with E-state index >= 15 is 0 Å². The van der Waals surface area contributed by atoms with E-state index in [1.165, 1.54) is 48.5 Å². The van der Waals surface area contributed by atoms with Gasteiger partial charge in [-0.2, -0.15) is 0 Å². The number of aliphatic hydroxyl groups is 1. The Morgan fingerprint density at radius 2 is 1.41 bits per heavy atom. The number of aliphatic hydroxyl groups excluding tert-OH is 1. The van der Waals surface area contributed by atoms with E-state index in [9.17, 15) is 19.5 Å². The number of benzene rings is 2. The predicted octanol–water partition coefficient (Wildman–Crippen LogP) is 3.33. The highest BCUT2D eigenvalue weighted by Gasteiger charge is 2.25. The SMILES string of the molecule is O=CC[C@@H](OC(=O)c1ccc(Cl)cc1)[C@@H](O)COC(=O)c1ccc(Cl)cc1. The molecule has 0 unspecified atom stereocenters. The summed E-state index contributed by atoms with van der Waals surface area (Å²) in [5.41, 5.74) is 0.456. The van der Waals surface area contributed by atoms with Gasteiger partial charge in [0, 0.05) is 16.5 Å². The van der Waals surface area contributed by atoms with E-state index in [0.29, 0.717) is 16.3 Å². The molecule has 0 heterocycles. The lowest BCUT2D eigenvalue weighted by atomic mass is 10.1. The van der Waals surface area contributed by atoms with Crippen molar-refractivity contribution in [3.8, 4) is 0 Å². The topological polar surface area (TPSA) is 89.9 Å². The lowest BCUT2D eigenvalue weighted by Crippen LogP contribution is -2.36. The number of esters is 2. The van der Waals surface area contributed by atoms with Crippen molar-refractivity contribution in [2.45, 2.75) is 18.6 Å². The fraction of sp³-hybridized carbons (Fsp3) is 0.211. The molecule has 2 aromatic rings. The van der Waals surface area contributed by atoms with Crippen molar-refractivity contribution < 1.29 is 29.0 Å². The fourth-order valence-electron chi connectivity index (χ4n) is 2.11. The zero-order valence-corrected chi connectivity index (χ0v) is 15.5. The molecule has 6 nitrogen and oxygen atoms in total. The van der Waals surface area contributed by atoms with Gasteiger partial charge in [0.05, 0.1) is 11.1 Å². The zero-order chi connectivity index (χ0) is 19.8. The molecule has 0 spiro atoms. The lowest BCUT2D eigenvalue weighted by Gasteiger charge is -2.21. The third kappa shape index (κ3) is 6.36. The van der Waals surface area contributed by atoms with Crippen LogP contribution in [0.2, 0.25) is 10.0 Å². The van der Waals surface area contributed by atoms with Crippen LogP contribution < -0.4 is 0 Å². The van der Waals surface area contributed by atoms with Gasteiger partial charge in [0.1, 0.15) is 25.1 Å². The summed E-state index contributed by atoms with van der Waals surface area (Å²) >= 11 is 11.5. The fourth-order valence-corrected chi connectivity index (χ4v) is 2.36. The Morgan fingerprint density at radius 1 is 0.926 bits per heavy atom. The van der Waals surface area contributed by atoms with Gasteiger partial charge < -0.3 is 19.4 Å². The minimum atomic E-state index is -1.37. The number of carbonyl (C=O) groups excluding carboxylic acids is 3. The van der Waals surface area contributed by atoms with Crippen LogP contribution in [0.4, 0.5) is 0 Å². The van der Waals surface area contributed by atoms with Crippen molar-refractivity contribution in [1.29, 1.82) is 0 Å². The summed E-state index contributed by atoms with van der Waals surface area (Å²) in [5.74, 6) is -1.42. The summed E-state index contributed by atoms with van der Waals surface area (Å²) < 4.78 is 10.2. The summed E-state index contributed by atoms with van der Waals surface area (Å²) in [6, 6.07) is 11.9. The van der Waals surface area contributed by atoms with Gasteiger partial charge in [0.25, 0.3) is 0 Å². The maximum Gasteiger partial charge on any atom is 0.338 e. The van der Waals surface area contributed by atoms with Gasteiger partial charge in [-0.05, 0) is 48.5 Å². The van der Waals surface area contributed by atoms with Crippen molar-refractivity contribution in [2.75, 3.05) is 6.61 Å². The maximum absolute atomic E-state index is 12.1. The Hall–Kier alpha value is -2.41. The molecule has 2 rings (SSSR count). The van der Waals surface area contributed by atoms with Gasteiger partial charge in [0.2, 0.25) is 0 Å². The molecule has 1 N–H and O–H groups in total. The molecule has 0 amide bonds. The van der Waals surface area contributed by atoms with E-state index in [1.807, 2.05) is 0 Å². The van der Waals surface area contributed by atoms with Crippen LogP contribution in [-0.4, -0.2) is 42.1 Å². The van der Waals surface area contributed by atoms with E-state index in [-0.39, 0.29) is 17.5 Å². The second kappa shape index (κ2) is 10.1. The van der Waals surface area contributed by atoms with Crippen molar-refractivity contribution in [3.05, 3.63) is 69.7 Å². The number of halogens is 2. The van der Waals surface area contributed by atoms with Gasteiger partial charge in [-0.1, -0.05) is 23.2 Å². The van der Waals surface area contributed by atoms with E-state index in [0.717, 1.165) is 0 Å². The highest BCUT2D eigenvalue weighted by molar-refractivity contribution is 6.30. The first-order valence-electron chi connectivity index (χ1n) is 7.91. The standard InChI is InChI=1S/C19H16Cl2O6/c20-14-5-1-12(2-6-14)18(24)26-11-16(23)17(9-10-22)27-19(25)13-3-7-15(21)8-4-13/h1-8,10,16-17,23H,9,11H2/t16-,17+/m0/s1.